The summed E-state index contributed by atoms with van der Waals surface area (Å²) in [7, 11) is 0. The van der Waals surface area contributed by atoms with Crippen LogP contribution in [-0.4, -0.2) is 44.0 Å². The van der Waals surface area contributed by atoms with Gasteiger partial charge >= 0.3 is 6.09 Å². The van der Waals surface area contributed by atoms with Crippen LogP contribution >= 0.6 is 0 Å². The number of aliphatic hydroxyl groups excluding tert-OH is 2. The molecule has 0 aliphatic rings. The van der Waals surface area contributed by atoms with Crippen molar-refractivity contribution >= 4 is 6.09 Å². The molecular formula is C15H17N3O6. The van der Waals surface area contributed by atoms with Gasteiger partial charge in [-0.05, 0) is 5.56 Å². The lowest BCUT2D eigenvalue weighted by Gasteiger charge is -2.18. The Labute approximate surface area is 136 Å². The predicted molar refractivity (Wildman–Crippen MR) is 82.1 cm³/mol. The summed E-state index contributed by atoms with van der Waals surface area (Å²) in [4.78, 5) is 28.7. The second kappa shape index (κ2) is 8.09. The van der Waals surface area contributed by atoms with Gasteiger partial charge in [0.25, 0.3) is 5.56 Å². The number of aromatic amines is 1. The Hall–Kier alpha value is -2.91. The van der Waals surface area contributed by atoms with Crippen molar-refractivity contribution in [2.75, 3.05) is 6.54 Å². The molecule has 0 saturated carbocycles. The van der Waals surface area contributed by atoms with E-state index in [-0.39, 0.29) is 13.2 Å². The first kappa shape index (κ1) is 17.4. The fourth-order valence-corrected chi connectivity index (χ4v) is 1.93. The molecule has 0 fully saturated rings. The molecule has 5 N–H and O–H groups in total. The summed E-state index contributed by atoms with van der Waals surface area (Å²) in [6.07, 6.45) is -3.10. The van der Waals surface area contributed by atoms with Gasteiger partial charge in [0.05, 0.1) is 6.33 Å². The van der Waals surface area contributed by atoms with Crippen LogP contribution in [-0.2, 0) is 11.3 Å². The topological polar surface area (TPSA) is 145 Å². The monoisotopic (exact) mass is 335 g/mol. The maximum atomic E-state index is 11.6. The molecule has 1 amide bonds. The second-order valence-electron chi connectivity index (χ2n) is 4.92. The minimum atomic E-state index is -1.73. The molecule has 0 aliphatic heterocycles. The van der Waals surface area contributed by atoms with E-state index in [4.69, 9.17) is 4.74 Å². The number of hydrogen-bond acceptors (Lipinski definition) is 7. The van der Waals surface area contributed by atoms with Crippen molar-refractivity contribution in [2.45, 2.75) is 18.8 Å². The number of alkyl carbamates (subject to hydrolysis) is 1. The molecule has 24 heavy (non-hydrogen) atoms. The third-order valence-electron chi connectivity index (χ3n) is 3.20. The third-order valence-corrected chi connectivity index (χ3v) is 3.20. The third kappa shape index (κ3) is 4.54. The van der Waals surface area contributed by atoms with Crippen molar-refractivity contribution in [1.29, 1.82) is 0 Å². The van der Waals surface area contributed by atoms with Crippen LogP contribution in [0.15, 0.2) is 41.5 Å². The summed E-state index contributed by atoms with van der Waals surface area (Å²) in [5.41, 5.74) is -0.481. The molecule has 1 aromatic heterocycles. The van der Waals surface area contributed by atoms with Gasteiger partial charge in [-0.15, -0.1) is 0 Å². The summed E-state index contributed by atoms with van der Waals surface area (Å²) in [6.45, 7) is -0.336. The lowest BCUT2D eigenvalue weighted by atomic mass is 10.1. The lowest BCUT2D eigenvalue weighted by Crippen LogP contribution is -2.37. The minimum Gasteiger partial charge on any atom is -0.493 e. The van der Waals surface area contributed by atoms with E-state index in [0.717, 1.165) is 11.9 Å². The highest BCUT2D eigenvalue weighted by atomic mass is 16.5. The maximum absolute atomic E-state index is 11.6. The van der Waals surface area contributed by atoms with Gasteiger partial charge in [-0.2, -0.15) is 0 Å². The minimum absolute atomic E-state index is 0.0500. The zero-order valence-corrected chi connectivity index (χ0v) is 12.5. The number of ether oxygens (including phenoxy) is 1. The number of carbonyl (C=O) groups excluding carboxylic acids is 1. The number of nitrogens with one attached hydrogen (secondary N) is 2. The predicted octanol–water partition coefficient (Wildman–Crippen LogP) is -0.204. The summed E-state index contributed by atoms with van der Waals surface area (Å²) in [5, 5.41) is 31.5. The molecule has 9 heteroatoms. The van der Waals surface area contributed by atoms with Gasteiger partial charge in [0.2, 0.25) is 5.88 Å². The standard InChI is InChI=1S/C15H17N3O6/c19-10(12(20)11-13(21)17-8-18-14(11)22)6-16-15(23)24-7-9-4-2-1-3-5-9/h1-5,8,10,12,19-20H,6-7H2,(H,16,23)(H2,17,18,21,22). The van der Waals surface area contributed by atoms with Crippen LogP contribution in [0.25, 0.3) is 0 Å². The van der Waals surface area contributed by atoms with Crippen molar-refractivity contribution < 1.29 is 24.9 Å². The van der Waals surface area contributed by atoms with E-state index in [0.29, 0.717) is 0 Å². The molecule has 9 nitrogen and oxygen atoms in total. The van der Waals surface area contributed by atoms with Crippen LogP contribution in [0, 0.1) is 0 Å². The molecule has 0 spiro atoms. The van der Waals surface area contributed by atoms with E-state index in [1.807, 2.05) is 6.07 Å². The van der Waals surface area contributed by atoms with Gasteiger partial charge in [-0.3, -0.25) is 4.79 Å². The van der Waals surface area contributed by atoms with Crippen molar-refractivity contribution in [3.05, 3.63) is 58.1 Å². The Morgan fingerprint density at radius 1 is 1.29 bits per heavy atom. The van der Waals surface area contributed by atoms with E-state index in [9.17, 15) is 24.9 Å². The summed E-state index contributed by atoms with van der Waals surface area (Å²) in [5.74, 6) is -0.697. The molecule has 2 atom stereocenters. The summed E-state index contributed by atoms with van der Waals surface area (Å²) < 4.78 is 4.94. The molecular weight excluding hydrogens is 318 g/mol. The van der Waals surface area contributed by atoms with Crippen molar-refractivity contribution in [1.82, 2.24) is 15.3 Å². The fraction of sp³-hybridized carbons (Fsp3) is 0.267. The normalized spacial score (nSPS) is 13.1. The Morgan fingerprint density at radius 3 is 2.67 bits per heavy atom. The zero-order valence-electron chi connectivity index (χ0n) is 12.5. The maximum Gasteiger partial charge on any atom is 0.407 e. The van der Waals surface area contributed by atoms with Crippen LogP contribution in [0.3, 0.4) is 0 Å². The molecule has 2 aromatic rings. The number of carbonyl (C=O) groups is 1. The number of H-pyrrole nitrogens is 1. The molecule has 2 rings (SSSR count). The van der Waals surface area contributed by atoms with Gasteiger partial charge in [-0.25, -0.2) is 9.78 Å². The van der Waals surface area contributed by atoms with Crippen LogP contribution in [0.2, 0.25) is 0 Å². The van der Waals surface area contributed by atoms with Crippen molar-refractivity contribution in [2.24, 2.45) is 0 Å². The van der Waals surface area contributed by atoms with E-state index in [1.165, 1.54) is 0 Å². The van der Waals surface area contributed by atoms with Gasteiger partial charge in [0, 0.05) is 6.54 Å². The van der Waals surface area contributed by atoms with E-state index >= 15 is 0 Å². The largest absolute Gasteiger partial charge is 0.493 e. The first-order valence-corrected chi connectivity index (χ1v) is 7.06. The molecule has 0 aliphatic carbocycles. The average molecular weight is 335 g/mol. The van der Waals surface area contributed by atoms with E-state index in [1.54, 1.807) is 24.3 Å². The Morgan fingerprint density at radius 2 is 2.00 bits per heavy atom. The van der Waals surface area contributed by atoms with E-state index < -0.39 is 35.3 Å². The highest BCUT2D eigenvalue weighted by Crippen LogP contribution is 2.19. The number of hydrogen-bond donors (Lipinski definition) is 5. The Balaban J connectivity index is 1.85. The molecule has 128 valence electrons. The van der Waals surface area contributed by atoms with Crippen molar-refractivity contribution in [3.8, 4) is 5.88 Å². The number of benzene rings is 1. The SMILES string of the molecule is O=C(NCC(O)C(O)c1c(O)nc[nH]c1=O)OCc1ccccc1. The first-order valence-electron chi connectivity index (χ1n) is 7.06. The number of aromatic nitrogens is 2. The van der Waals surface area contributed by atoms with Crippen LogP contribution in [0.5, 0.6) is 5.88 Å². The van der Waals surface area contributed by atoms with Crippen LogP contribution in [0.1, 0.15) is 17.2 Å². The van der Waals surface area contributed by atoms with E-state index in [2.05, 4.69) is 15.3 Å². The summed E-state index contributed by atoms with van der Waals surface area (Å²) >= 11 is 0. The highest BCUT2D eigenvalue weighted by molar-refractivity contribution is 5.67. The molecule has 1 aromatic carbocycles. The second-order valence-corrected chi connectivity index (χ2v) is 4.92. The zero-order chi connectivity index (χ0) is 17.5. The Kier molecular flexibility index (Phi) is 5.88. The molecule has 0 bridgehead atoms. The van der Waals surface area contributed by atoms with Gasteiger partial charge in [0.15, 0.2) is 0 Å². The van der Waals surface area contributed by atoms with Crippen LogP contribution in [0.4, 0.5) is 4.79 Å². The van der Waals surface area contributed by atoms with Gasteiger partial charge in [-0.1, -0.05) is 30.3 Å². The smallest absolute Gasteiger partial charge is 0.407 e. The number of amides is 1. The molecule has 0 saturated heterocycles. The Bertz CT molecular complexity index is 733. The lowest BCUT2D eigenvalue weighted by molar-refractivity contribution is 0.0159. The van der Waals surface area contributed by atoms with Gasteiger partial charge in [0.1, 0.15) is 24.4 Å². The first-order chi connectivity index (χ1) is 11.5. The number of nitrogens with zero attached hydrogens (tertiary/aromatic N) is 1. The molecule has 0 radical (unpaired) electrons. The fourth-order valence-electron chi connectivity index (χ4n) is 1.93. The number of aliphatic hydroxyl groups is 2. The molecule has 1 heterocycles. The quantitative estimate of drug-likeness (QED) is 0.491. The van der Waals surface area contributed by atoms with Crippen molar-refractivity contribution in [3.63, 3.8) is 0 Å². The highest BCUT2D eigenvalue weighted by Gasteiger charge is 2.25. The number of aromatic hydroxyl groups is 1. The van der Waals surface area contributed by atoms with Gasteiger partial charge < -0.3 is 30.4 Å². The van der Waals surface area contributed by atoms with Crippen LogP contribution < -0.4 is 10.9 Å². The molecule has 2 unspecified atom stereocenters. The number of rotatable bonds is 6. The average Bonchev–Trinajstić information content (AvgIpc) is 2.58. The summed E-state index contributed by atoms with van der Waals surface area (Å²) in [6, 6.07) is 8.99.